The highest BCUT2D eigenvalue weighted by Crippen LogP contribution is 2.29. The topological polar surface area (TPSA) is 85.2 Å². The summed E-state index contributed by atoms with van der Waals surface area (Å²) in [5, 5.41) is 13.9. The van der Waals surface area contributed by atoms with Crippen molar-refractivity contribution in [2.45, 2.75) is 38.2 Å². The van der Waals surface area contributed by atoms with Crippen molar-refractivity contribution >= 4 is 0 Å². The van der Waals surface area contributed by atoms with Crippen molar-refractivity contribution in [3.8, 4) is 0 Å². The minimum Gasteiger partial charge on any atom is -0.388 e. The molecule has 2 rings (SSSR count). The highest BCUT2D eigenvalue weighted by Gasteiger charge is 2.30. The Morgan fingerprint density at radius 2 is 1.86 bits per heavy atom. The summed E-state index contributed by atoms with van der Waals surface area (Å²) in [6.45, 7) is 5.57. The third-order valence-corrected chi connectivity index (χ3v) is 3.56. The molecular weight excluding hydrogens is 273 g/mol. The van der Waals surface area contributed by atoms with Gasteiger partial charge in [-0.2, -0.15) is 4.98 Å². The zero-order chi connectivity index (χ0) is 15.7. The Bertz CT molecular complexity index is 606. The average molecular weight is 293 g/mol. The summed E-state index contributed by atoms with van der Waals surface area (Å²) in [6.07, 6.45) is 0.190. The molecule has 0 fully saturated rings. The minimum absolute atomic E-state index is 0.103. The number of aliphatic hydroxyl groups is 1. The third kappa shape index (κ3) is 3.46. The lowest BCUT2D eigenvalue weighted by Gasteiger charge is -2.21. The van der Waals surface area contributed by atoms with Gasteiger partial charge in [-0.25, -0.2) is 4.39 Å². The molecule has 0 spiro atoms. The van der Waals surface area contributed by atoms with Gasteiger partial charge in [-0.05, 0) is 38.5 Å². The van der Waals surface area contributed by atoms with Crippen LogP contribution in [-0.2, 0) is 11.8 Å². The minimum atomic E-state index is -1.08. The molecule has 3 N–H and O–H groups in total. The van der Waals surface area contributed by atoms with Crippen LogP contribution >= 0.6 is 0 Å². The maximum atomic E-state index is 13.0. The van der Waals surface area contributed by atoms with Gasteiger partial charge in [0.1, 0.15) is 5.82 Å². The molecule has 1 aromatic heterocycles. The van der Waals surface area contributed by atoms with Gasteiger partial charge in [0.2, 0.25) is 5.89 Å². The van der Waals surface area contributed by atoms with Crippen LogP contribution in [0.2, 0.25) is 0 Å². The maximum Gasteiger partial charge on any atom is 0.229 e. The van der Waals surface area contributed by atoms with Crippen molar-refractivity contribution in [2.75, 3.05) is 6.54 Å². The molecule has 0 saturated heterocycles. The van der Waals surface area contributed by atoms with E-state index in [1.807, 2.05) is 13.8 Å². The second kappa shape index (κ2) is 5.54. The van der Waals surface area contributed by atoms with E-state index in [9.17, 15) is 9.50 Å². The smallest absolute Gasteiger partial charge is 0.229 e. The summed E-state index contributed by atoms with van der Waals surface area (Å²) in [5.41, 5.74) is 4.75. The number of rotatable bonds is 5. The predicted octanol–water partition coefficient (Wildman–Crippen LogP) is 1.79. The standard InChI is InChI=1S/C15H20FN3O2/c1-14(2,10-4-6-11(16)7-5-10)13-18-12(21-19-13)8-15(3,20)9-17/h4-7,20H,8-9,17H2,1-3H3. The van der Waals surface area contributed by atoms with Crippen LogP contribution in [0.3, 0.4) is 0 Å². The van der Waals surface area contributed by atoms with Crippen LogP contribution in [-0.4, -0.2) is 27.4 Å². The van der Waals surface area contributed by atoms with Gasteiger partial charge in [-0.3, -0.25) is 0 Å². The molecule has 5 nitrogen and oxygen atoms in total. The van der Waals surface area contributed by atoms with Crippen molar-refractivity contribution in [3.63, 3.8) is 0 Å². The van der Waals surface area contributed by atoms with Gasteiger partial charge in [0.05, 0.1) is 17.4 Å². The number of benzene rings is 1. The molecule has 0 bridgehead atoms. The largest absolute Gasteiger partial charge is 0.388 e. The second-order valence-corrected chi connectivity index (χ2v) is 6.02. The Morgan fingerprint density at radius 1 is 1.24 bits per heavy atom. The molecule has 0 saturated carbocycles. The molecule has 0 aliphatic rings. The van der Waals surface area contributed by atoms with Crippen LogP contribution in [0.4, 0.5) is 4.39 Å². The van der Waals surface area contributed by atoms with E-state index in [1.54, 1.807) is 19.1 Å². The summed E-state index contributed by atoms with van der Waals surface area (Å²) >= 11 is 0. The number of hydrogen-bond donors (Lipinski definition) is 2. The van der Waals surface area contributed by atoms with E-state index < -0.39 is 11.0 Å². The van der Waals surface area contributed by atoms with Gasteiger partial charge in [0, 0.05) is 6.54 Å². The van der Waals surface area contributed by atoms with Crippen LogP contribution in [0, 0.1) is 5.82 Å². The van der Waals surface area contributed by atoms with Crippen LogP contribution in [0.15, 0.2) is 28.8 Å². The number of hydrogen-bond acceptors (Lipinski definition) is 5. The number of aromatic nitrogens is 2. The molecule has 1 atom stereocenters. The SMILES string of the molecule is CC(O)(CN)Cc1nc(C(C)(C)c2ccc(F)cc2)no1. The fraction of sp³-hybridized carbons (Fsp3) is 0.467. The first-order chi connectivity index (χ1) is 9.74. The van der Waals surface area contributed by atoms with Gasteiger partial charge in [-0.1, -0.05) is 17.3 Å². The molecule has 2 aromatic rings. The summed E-state index contributed by atoms with van der Waals surface area (Å²) in [7, 11) is 0. The molecule has 1 heterocycles. The first-order valence-corrected chi connectivity index (χ1v) is 6.76. The highest BCUT2D eigenvalue weighted by atomic mass is 19.1. The average Bonchev–Trinajstić information content (AvgIpc) is 2.88. The summed E-state index contributed by atoms with van der Waals surface area (Å²) in [6, 6.07) is 6.19. The van der Waals surface area contributed by atoms with E-state index in [0.717, 1.165) is 5.56 Å². The Morgan fingerprint density at radius 3 is 2.43 bits per heavy atom. The normalized spacial score (nSPS) is 15.0. The van der Waals surface area contributed by atoms with Crippen LogP contribution < -0.4 is 5.73 Å². The van der Waals surface area contributed by atoms with Crippen molar-refractivity contribution in [1.29, 1.82) is 0 Å². The molecule has 1 unspecified atom stereocenters. The molecule has 0 aliphatic heterocycles. The lowest BCUT2D eigenvalue weighted by atomic mass is 9.84. The van der Waals surface area contributed by atoms with E-state index in [2.05, 4.69) is 10.1 Å². The van der Waals surface area contributed by atoms with E-state index in [4.69, 9.17) is 10.3 Å². The van der Waals surface area contributed by atoms with Crippen molar-refractivity contribution < 1.29 is 14.0 Å². The Hall–Kier alpha value is -1.79. The molecule has 21 heavy (non-hydrogen) atoms. The number of nitrogens with zero attached hydrogens (tertiary/aromatic N) is 2. The highest BCUT2D eigenvalue weighted by molar-refractivity contribution is 5.30. The van der Waals surface area contributed by atoms with Gasteiger partial charge >= 0.3 is 0 Å². The molecular formula is C15H20FN3O2. The lowest BCUT2D eigenvalue weighted by molar-refractivity contribution is 0.0610. The fourth-order valence-corrected chi connectivity index (χ4v) is 1.97. The zero-order valence-electron chi connectivity index (χ0n) is 12.4. The molecule has 6 heteroatoms. The molecule has 114 valence electrons. The first-order valence-electron chi connectivity index (χ1n) is 6.76. The van der Waals surface area contributed by atoms with Crippen molar-refractivity contribution in [3.05, 3.63) is 47.4 Å². The Labute approximate surface area is 123 Å². The van der Waals surface area contributed by atoms with Gasteiger partial charge < -0.3 is 15.4 Å². The van der Waals surface area contributed by atoms with E-state index >= 15 is 0 Å². The molecule has 1 aromatic carbocycles. The van der Waals surface area contributed by atoms with Gasteiger partial charge in [0.15, 0.2) is 5.82 Å². The quantitative estimate of drug-likeness (QED) is 0.878. The summed E-state index contributed by atoms with van der Waals surface area (Å²) in [5.74, 6) is 0.523. The number of halogens is 1. The van der Waals surface area contributed by atoms with Crippen LogP contribution in [0.5, 0.6) is 0 Å². The lowest BCUT2D eigenvalue weighted by Crippen LogP contribution is -2.36. The number of nitrogens with two attached hydrogens (primary N) is 1. The van der Waals surface area contributed by atoms with E-state index in [1.165, 1.54) is 12.1 Å². The van der Waals surface area contributed by atoms with Crippen LogP contribution in [0.1, 0.15) is 38.0 Å². The van der Waals surface area contributed by atoms with Crippen molar-refractivity contribution in [2.24, 2.45) is 5.73 Å². The van der Waals surface area contributed by atoms with Gasteiger partial charge in [-0.15, -0.1) is 0 Å². The molecule has 0 aliphatic carbocycles. The van der Waals surface area contributed by atoms with E-state index in [0.29, 0.717) is 11.7 Å². The van der Waals surface area contributed by atoms with Crippen LogP contribution in [0.25, 0.3) is 0 Å². The second-order valence-electron chi connectivity index (χ2n) is 6.02. The summed E-state index contributed by atoms with van der Waals surface area (Å²) in [4.78, 5) is 4.33. The van der Waals surface area contributed by atoms with Gasteiger partial charge in [0.25, 0.3) is 0 Å². The first kappa shape index (κ1) is 15.6. The molecule has 0 amide bonds. The predicted molar refractivity (Wildman–Crippen MR) is 76.2 cm³/mol. The van der Waals surface area contributed by atoms with Crippen molar-refractivity contribution in [1.82, 2.24) is 10.1 Å². The van der Waals surface area contributed by atoms with E-state index in [-0.39, 0.29) is 18.8 Å². The maximum absolute atomic E-state index is 13.0. The Balaban J connectivity index is 2.25. The summed E-state index contributed by atoms with van der Waals surface area (Å²) < 4.78 is 18.2. The zero-order valence-corrected chi connectivity index (χ0v) is 12.4. The molecule has 0 radical (unpaired) electrons. The Kier molecular flexibility index (Phi) is 4.11. The monoisotopic (exact) mass is 293 g/mol. The third-order valence-electron chi connectivity index (χ3n) is 3.56. The fourth-order valence-electron chi connectivity index (χ4n) is 1.97.